The van der Waals surface area contributed by atoms with Crippen molar-refractivity contribution in [2.75, 3.05) is 5.32 Å². The first kappa shape index (κ1) is 12.8. The molecule has 5 heteroatoms. The molecule has 1 nitrogen and oxygen atoms in total. The average Bonchev–Trinajstić information content (AvgIpc) is 2.29. The van der Waals surface area contributed by atoms with Crippen molar-refractivity contribution >= 4 is 17.3 Å². The molecular formula is C13H9ClF3N. The van der Waals surface area contributed by atoms with Gasteiger partial charge in [-0.15, -0.1) is 0 Å². The Kier molecular flexibility index (Phi) is 3.77. The minimum absolute atomic E-state index is 0.0450. The topological polar surface area (TPSA) is 12.0 Å². The van der Waals surface area contributed by atoms with Gasteiger partial charge in [-0.05, 0) is 36.4 Å². The Bertz CT molecular complexity index is 552. The molecule has 0 aliphatic heterocycles. The Morgan fingerprint density at radius 2 is 1.72 bits per heavy atom. The van der Waals surface area contributed by atoms with Gasteiger partial charge in [0.15, 0.2) is 0 Å². The fourth-order valence-electron chi connectivity index (χ4n) is 1.53. The van der Waals surface area contributed by atoms with E-state index in [1.54, 1.807) is 0 Å². The molecule has 0 atom stereocenters. The molecule has 0 amide bonds. The van der Waals surface area contributed by atoms with Crippen LogP contribution >= 0.6 is 11.6 Å². The molecular weight excluding hydrogens is 263 g/mol. The van der Waals surface area contributed by atoms with E-state index in [4.69, 9.17) is 11.6 Å². The molecule has 0 saturated carbocycles. The van der Waals surface area contributed by atoms with Gasteiger partial charge in [0, 0.05) is 22.8 Å². The quantitative estimate of drug-likeness (QED) is 0.874. The number of halogens is 4. The van der Waals surface area contributed by atoms with E-state index in [0.717, 1.165) is 24.3 Å². The summed E-state index contributed by atoms with van der Waals surface area (Å²) in [6.45, 7) is 0.0450. The van der Waals surface area contributed by atoms with Gasteiger partial charge in [0.25, 0.3) is 0 Å². The van der Waals surface area contributed by atoms with Crippen LogP contribution in [-0.4, -0.2) is 0 Å². The van der Waals surface area contributed by atoms with Crippen molar-refractivity contribution in [2.45, 2.75) is 6.54 Å². The average molecular weight is 272 g/mol. The first-order valence-electron chi connectivity index (χ1n) is 5.18. The summed E-state index contributed by atoms with van der Waals surface area (Å²) in [6.07, 6.45) is 0. The lowest BCUT2D eigenvalue weighted by Gasteiger charge is -2.08. The van der Waals surface area contributed by atoms with Crippen molar-refractivity contribution in [3.63, 3.8) is 0 Å². The fraction of sp³-hybridized carbons (Fsp3) is 0.0769. The Hall–Kier alpha value is -1.68. The summed E-state index contributed by atoms with van der Waals surface area (Å²) in [6, 6.07) is 7.06. The Morgan fingerprint density at radius 3 is 2.44 bits per heavy atom. The zero-order valence-corrected chi connectivity index (χ0v) is 9.94. The first-order valence-corrected chi connectivity index (χ1v) is 5.56. The third-order valence-corrected chi connectivity index (χ3v) is 2.57. The molecule has 0 aliphatic carbocycles. The Labute approximate surface area is 107 Å². The highest BCUT2D eigenvalue weighted by atomic mass is 35.5. The third kappa shape index (κ3) is 3.17. The predicted octanol–water partition coefficient (Wildman–Crippen LogP) is 4.37. The van der Waals surface area contributed by atoms with Crippen LogP contribution in [0.15, 0.2) is 36.4 Å². The maximum atomic E-state index is 13.3. The van der Waals surface area contributed by atoms with Crippen LogP contribution in [0.2, 0.25) is 5.02 Å². The summed E-state index contributed by atoms with van der Waals surface area (Å²) >= 11 is 5.67. The molecule has 0 spiro atoms. The normalized spacial score (nSPS) is 10.4. The van der Waals surface area contributed by atoms with Gasteiger partial charge in [-0.3, -0.25) is 0 Å². The lowest BCUT2D eigenvalue weighted by atomic mass is 10.2. The number of benzene rings is 2. The summed E-state index contributed by atoms with van der Waals surface area (Å²) in [5, 5.41) is 3.01. The molecule has 0 radical (unpaired) electrons. The fourth-order valence-corrected chi connectivity index (χ4v) is 1.75. The van der Waals surface area contributed by atoms with Gasteiger partial charge in [0.1, 0.15) is 17.5 Å². The van der Waals surface area contributed by atoms with Gasteiger partial charge in [-0.25, -0.2) is 13.2 Å². The molecule has 94 valence electrons. The molecule has 0 fully saturated rings. The number of rotatable bonds is 3. The lowest BCUT2D eigenvalue weighted by molar-refractivity contribution is 0.587. The Morgan fingerprint density at radius 1 is 0.944 bits per heavy atom. The van der Waals surface area contributed by atoms with Crippen molar-refractivity contribution < 1.29 is 13.2 Å². The monoisotopic (exact) mass is 271 g/mol. The van der Waals surface area contributed by atoms with Gasteiger partial charge in [-0.2, -0.15) is 0 Å². The lowest BCUT2D eigenvalue weighted by Crippen LogP contribution is -2.02. The molecule has 0 aliphatic rings. The minimum atomic E-state index is -0.523. The molecule has 0 heterocycles. The maximum Gasteiger partial charge on any atom is 0.128 e. The summed E-state index contributed by atoms with van der Waals surface area (Å²) in [5.41, 5.74) is 0.569. The van der Waals surface area contributed by atoms with E-state index in [-0.39, 0.29) is 17.1 Å². The molecule has 2 aromatic carbocycles. The van der Waals surface area contributed by atoms with E-state index in [2.05, 4.69) is 5.32 Å². The van der Waals surface area contributed by atoms with Crippen LogP contribution in [0.4, 0.5) is 18.9 Å². The van der Waals surface area contributed by atoms with Crippen molar-refractivity contribution in [1.29, 1.82) is 0 Å². The second-order valence-corrected chi connectivity index (χ2v) is 4.18. The van der Waals surface area contributed by atoms with Crippen LogP contribution in [-0.2, 0) is 6.54 Å². The first-order chi connectivity index (χ1) is 8.54. The number of hydrogen-bond acceptors (Lipinski definition) is 1. The van der Waals surface area contributed by atoms with Crippen molar-refractivity contribution in [3.05, 3.63) is 64.4 Å². The van der Waals surface area contributed by atoms with E-state index < -0.39 is 17.5 Å². The highest BCUT2D eigenvalue weighted by Gasteiger charge is 2.04. The molecule has 0 unspecified atom stereocenters. The van der Waals surface area contributed by atoms with Crippen molar-refractivity contribution in [1.82, 2.24) is 0 Å². The SMILES string of the molecule is Fc1cc(Cl)cc(NCc2cc(F)ccc2F)c1. The van der Waals surface area contributed by atoms with Crippen molar-refractivity contribution in [3.8, 4) is 0 Å². The van der Waals surface area contributed by atoms with E-state index in [0.29, 0.717) is 5.69 Å². The molecule has 18 heavy (non-hydrogen) atoms. The van der Waals surface area contributed by atoms with E-state index in [9.17, 15) is 13.2 Å². The Balaban J connectivity index is 2.13. The number of anilines is 1. The summed E-state index contributed by atoms with van der Waals surface area (Å²) < 4.78 is 39.3. The van der Waals surface area contributed by atoms with Gasteiger partial charge in [0.2, 0.25) is 0 Å². The molecule has 2 rings (SSSR count). The maximum absolute atomic E-state index is 13.3. The molecule has 2 aromatic rings. The van der Waals surface area contributed by atoms with Crippen LogP contribution < -0.4 is 5.32 Å². The van der Waals surface area contributed by atoms with Crippen LogP contribution in [0.1, 0.15) is 5.56 Å². The van der Waals surface area contributed by atoms with Gasteiger partial charge < -0.3 is 5.32 Å². The second-order valence-electron chi connectivity index (χ2n) is 3.75. The standard InChI is InChI=1S/C13H9ClF3N/c14-9-4-11(16)6-12(5-9)18-7-8-3-10(15)1-2-13(8)17/h1-6,18H,7H2. The van der Waals surface area contributed by atoms with Crippen molar-refractivity contribution in [2.24, 2.45) is 0 Å². The van der Waals surface area contributed by atoms with Crippen LogP contribution in [0.3, 0.4) is 0 Å². The van der Waals surface area contributed by atoms with E-state index in [1.807, 2.05) is 0 Å². The predicted molar refractivity (Wildman–Crippen MR) is 65.1 cm³/mol. The largest absolute Gasteiger partial charge is 0.381 e. The highest BCUT2D eigenvalue weighted by Crippen LogP contribution is 2.19. The summed E-state index contributed by atoms with van der Waals surface area (Å²) in [5.74, 6) is -1.54. The van der Waals surface area contributed by atoms with Gasteiger partial charge >= 0.3 is 0 Å². The smallest absolute Gasteiger partial charge is 0.128 e. The summed E-state index contributed by atoms with van der Waals surface area (Å²) in [4.78, 5) is 0. The third-order valence-electron chi connectivity index (χ3n) is 2.35. The molecule has 0 aromatic heterocycles. The summed E-state index contributed by atoms with van der Waals surface area (Å²) in [7, 11) is 0. The molecule has 0 saturated heterocycles. The van der Waals surface area contributed by atoms with Gasteiger partial charge in [0.05, 0.1) is 0 Å². The van der Waals surface area contributed by atoms with E-state index >= 15 is 0 Å². The molecule has 0 bridgehead atoms. The zero-order valence-electron chi connectivity index (χ0n) is 9.18. The second kappa shape index (κ2) is 5.31. The number of hydrogen-bond donors (Lipinski definition) is 1. The highest BCUT2D eigenvalue weighted by molar-refractivity contribution is 6.30. The van der Waals surface area contributed by atoms with Crippen LogP contribution in [0.25, 0.3) is 0 Å². The van der Waals surface area contributed by atoms with Gasteiger partial charge in [-0.1, -0.05) is 11.6 Å². The van der Waals surface area contributed by atoms with Crippen LogP contribution in [0.5, 0.6) is 0 Å². The van der Waals surface area contributed by atoms with Crippen LogP contribution in [0, 0.1) is 17.5 Å². The molecule has 1 N–H and O–H groups in total. The minimum Gasteiger partial charge on any atom is -0.381 e. The zero-order chi connectivity index (χ0) is 13.1. The number of nitrogens with one attached hydrogen (secondary N) is 1. The van der Waals surface area contributed by atoms with E-state index in [1.165, 1.54) is 12.1 Å².